The Morgan fingerprint density at radius 2 is 1.93 bits per heavy atom. The molecule has 138 valence electrons. The first-order valence-corrected chi connectivity index (χ1v) is 9.11. The topological polar surface area (TPSA) is 83.0 Å². The Labute approximate surface area is 156 Å². The first-order valence-electron chi connectivity index (χ1n) is 9.11. The van der Waals surface area contributed by atoms with E-state index in [1.807, 2.05) is 30.3 Å². The van der Waals surface area contributed by atoms with E-state index in [9.17, 15) is 4.79 Å². The maximum Gasteiger partial charge on any atom is 0.357 e. The van der Waals surface area contributed by atoms with Crippen LogP contribution in [0.1, 0.15) is 37.9 Å². The van der Waals surface area contributed by atoms with Gasteiger partial charge in [-0.15, -0.1) is 5.10 Å². The van der Waals surface area contributed by atoms with Gasteiger partial charge in [-0.25, -0.2) is 4.79 Å². The van der Waals surface area contributed by atoms with Gasteiger partial charge in [-0.3, -0.25) is 0 Å². The number of carbonyl (C=O) groups excluding carboxylic acids is 1. The second-order valence-corrected chi connectivity index (χ2v) is 6.49. The van der Waals surface area contributed by atoms with E-state index in [1.54, 1.807) is 24.5 Å². The molecular formula is C20H20N4O3. The molecule has 0 bridgehead atoms. The lowest BCUT2D eigenvalue weighted by molar-refractivity contribution is -0.143. The standard InChI is InChI=1S/C20H20N4O3/c25-20(27-16-10-5-2-6-11-16)18(14-17-12-7-13-26-17)24-19(21-22-23-24)15-8-3-1-4-9-15/h1,3-4,7-9,12-14,16H,2,5-6,10-11H2. The van der Waals surface area contributed by atoms with Crippen LogP contribution in [0.4, 0.5) is 0 Å². The first kappa shape index (κ1) is 17.2. The van der Waals surface area contributed by atoms with Crippen molar-refractivity contribution in [2.24, 2.45) is 0 Å². The lowest BCUT2D eigenvalue weighted by Crippen LogP contribution is -2.23. The summed E-state index contributed by atoms with van der Waals surface area (Å²) < 4.78 is 12.5. The number of benzene rings is 1. The van der Waals surface area contributed by atoms with Crippen LogP contribution < -0.4 is 0 Å². The number of rotatable bonds is 5. The number of hydrogen-bond donors (Lipinski definition) is 0. The number of furan rings is 1. The number of nitrogens with zero attached hydrogens (tertiary/aromatic N) is 4. The zero-order valence-corrected chi connectivity index (χ0v) is 14.8. The Bertz CT molecular complexity index is 910. The van der Waals surface area contributed by atoms with E-state index in [0.29, 0.717) is 11.6 Å². The normalized spacial score (nSPS) is 15.6. The number of ether oxygens (including phenoxy) is 1. The van der Waals surface area contributed by atoms with E-state index in [0.717, 1.165) is 31.2 Å². The van der Waals surface area contributed by atoms with Crippen molar-refractivity contribution in [1.82, 2.24) is 20.2 Å². The van der Waals surface area contributed by atoms with E-state index in [4.69, 9.17) is 9.15 Å². The van der Waals surface area contributed by atoms with E-state index >= 15 is 0 Å². The molecule has 0 unspecified atom stereocenters. The number of hydrogen-bond acceptors (Lipinski definition) is 6. The predicted molar refractivity (Wildman–Crippen MR) is 99.1 cm³/mol. The summed E-state index contributed by atoms with van der Waals surface area (Å²) in [5.41, 5.74) is 1.03. The van der Waals surface area contributed by atoms with Gasteiger partial charge in [0.25, 0.3) is 0 Å². The third-order valence-corrected chi connectivity index (χ3v) is 4.59. The highest BCUT2D eigenvalue weighted by Crippen LogP contribution is 2.25. The van der Waals surface area contributed by atoms with Crippen LogP contribution in [0.15, 0.2) is 53.1 Å². The van der Waals surface area contributed by atoms with Gasteiger partial charge in [0, 0.05) is 11.6 Å². The fraction of sp³-hybridized carbons (Fsp3) is 0.300. The molecule has 1 saturated carbocycles. The molecule has 0 spiro atoms. The molecule has 0 N–H and O–H groups in total. The molecule has 2 heterocycles. The Morgan fingerprint density at radius 3 is 2.67 bits per heavy atom. The van der Waals surface area contributed by atoms with Crippen molar-refractivity contribution in [3.05, 3.63) is 54.5 Å². The summed E-state index contributed by atoms with van der Waals surface area (Å²) >= 11 is 0. The van der Waals surface area contributed by atoms with Gasteiger partial charge in [0.2, 0.25) is 0 Å². The van der Waals surface area contributed by atoms with Crippen LogP contribution in [0.5, 0.6) is 0 Å². The summed E-state index contributed by atoms with van der Waals surface area (Å²) in [6, 6.07) is 13.0. The second kappa shape index (κ2) is 7.99. The Balaban J connectivity index is 1.69. The average molecular weight is 364 g/mol. The van der Waals surface area contributed by atoms with E-state index in [1.165, 1.54) is 11.1 Å². The van der Waals surface area contributed by atoms with Crippen molar-refractivity contribution in [3.63, 3.8) is 0 Å². The van der Waals surface area contributed by atoms with Gasteiger partial charge < -0.3 is 9.15 Å². The van der Waals surface area contributed by atoms with Crippen LogP contribution >= 0.6 is 0 Å². The van der Waals surface area contributed by atoms with Crippen LogP contribution in [-0.2, 0) is 9.53 Å². The Morgan fingerprint density at radius 1 is 1.11 bits per heavy atom. The fourth-order valence-corrected chi connectivity index (χ4v) is 3.23. The van der Waals surface area contributed by atoms with Crippen LogP contribution in [0.3, 0.4) is 0 Å². The highest BCUT2D eigenvalue weighted by molar-refractivity contribution is 6.15. The van der Waals surface area contributed by atoms with Gasteiger partial charge in [-0.05, 0) is 48.2 Å². The highest BCUT2D eigenvalue weighted by atomic mass is 16.5. The maximum absolute atomic E-state index is 13.0. The molecule has 27 heavy (non-hydrogen) atoms. The zero-order chi connectivity index (χ0) is 18.5. The maximum atomic E-state index is 13.0. The van der Waals surface area contributed by atoms with Crippen molar-refractivity contribution in [1.29, 1.82) is 0 Å². The molecule has 7 nitrogen and oxygen atoms in total. The average Bonchev–Trinajstić information content (AvgIpc) is 3.39. The van der Waals surface area contributed by atoms with Crippen molar-refractivity contribution in [2.45, 2.75) is 38.2 Å². The van der Waals surface area contributed by atoms with Gasteiger partial charge in [-0.2, -0.15) is 4.68 Å². The van der Waals surface area contributed by atoms with Crippen LogP contribution in [-0.4, -0.2) is 32.3 Å². The lowest BCUT2D eigenvalue weighted by Gasteiger charge is -2.22. The van der Waals surface area contributed by atoms with Gasteiger partial charge >= 0.3 is 5.97 Å². The summed E-state index contributed by atoms with van der Waals surface area (Å²) in [6.07, 6.45) is 8.21. The van der Waals surface area contributed by atoms with Crippen molar-refractivity contribution in [3.8, 4) is 11.4 Å². The van der Waals surface area contributed by atoms with Crippen molar-refractivity contribution >= 4 is 17.7 Å². The molecule has 7 heteroatoms. The van der Waals surface area contributed by atoms with Gasteiger partial charge in [0.15, 0.2) is 11.5 Å². The molecule has 1 aliphatic rings. The third kappa shape index (κ3) is 3.97. The van der Waals surface area contributed by atoms with Crippen LogP contribution in [0, 0.1) is 0 Å². The summed E-state index contributed by atoms with van der Waals surface area (Å²) in [5, 5.41) is 11.9. The van der Waals surface area contributed by atoms with Crippen molar-refractivity contribution in [2.75, 3.05) is 0 Å². The van der Waals surface area contributed by atoms with E-state index < -0.39 is 5.97 Å². The molecule has 1 aromatic carbocycles. The minimum Gasteiger partial charge on any atom is -0.465 e. The third-order valence-electron chi connectivity index (χ3n) is 4.59. The quantitative estimate of drug-likeness (QED) is 0.506. The monoisotopic (exact) mass is 364 g/mol. The minimum atomic E-state index is -0.456. The minimum absolute atomic E-state index is 0.0668. The number of carbonyl (C=O) groups is 1. The van der Waals surface area contributed by atoms with E-state index in [-0.39, 0.29) is 11.8 Å². The van der Waals surface area contributed by atoms with Gasteiger partial charge in [0.05, 0.1) is 6.26 Å². The number of esters is 1. The second-order valence-electron chi connectivity index (χ2n) is 6.49. The molecule has 1 fully saturated rings. The molecule has 0 amide bonds. The zero-order valence-electron chi connectivity index (χ0n) is 14.8. The van der Waals surface area contributed by atoms with Crippen LogP contribution in [0.2, 0.25) is 0 Å². The number of aromatic nitrogens is 4. The molecular weight excluding hydrogens is 344 g/mol. The van der Waals surface area contributed by atoms with Gasteiger partial charge in [-0.1, -0.05) is 36.8 Å². The molecule has 1 aliphatic carbocycles. The molecule has 4 rings (SSSR count). The van der Waals surface area contributed by atoms with E-state index in [2.05, 4.69) is 15.5 Å². The summed E-state index contributed by atoms with van der Waals surface area (Å²) in [6.45, 7) is 0. The van der Waals surface area contributed by atoms with Gasteiger partial charge in [0.1, 0.15) is 11.9 Å². The Kier molecular flexibility index (Phi) is 5.09. The summed E-state index contributed by atoms with van der Waals surface area (Å²) in [7, 11) is 0. The molecule has 0 atom stereocenters. The predicted octanol–water partition coefficient (Wildman–Crippen LogP) is 3.81. The molecule has 0 saturated heterocycles. The summed E-state index contributed by atoms with van der Waals surface area (Å²) in [4.78, 5) is 13.0. The smallest absolute Gasteiger partial charge is 0.357 e. The Hall–Kier alpha value is -3.22. The largest absolute Gasteiger partial charge is 0.465 e. The SMILES string of the molecule is O=C(OC1CCCCC1)C(=Cc1ccco1)n1nnnc1-c1ccccc1. The lowest BCUT2D eigenvalue weighted by atomic mass is 9.98. The fourth-order valence-electron chi connectivity index (χ4n) is 3.23. The van der Waals surface area contributed by atoms with Crippen LogP contribution in [0.25, 0.3) is 23.2 Å². The molecule has 2 aromatic heterocycles. The summed E-state index contributed by atoms with van der Waals surface area (Å²) in [5.74, 6) is 0.539. The molecule has 0 aliphatic heterocycles. The number of tetrazole rings is 1. The molecule has 3 aromatic rings. The first-order chi connectivity index (χ1) is 13.3. The molecule has 0 radical (unpaired) electrons. The van der Waals surface area contributed by atoms with Crippen molar-refractivity contribution < 1.29 is 13.9 Å². The highest BCUT2D eigenvalue weighted by Gasteiger charge is 2.25.